The molecule has 27 heavy (non-hydrogen) atoms. The Labute approximate surface area is 157 Å². The van der Waals surface area contributed by atoms with E-state index in [-0.39, 0.29) is 11.5 Å². The molecule has 7 heteroatoms. The minimum atomic E-state index is -3.81. The smallest absolute Gasteiger partial charge is 0.272 e. The van der Waals surface area contributed by atoms with Gasteiger partial charge in [0, 0.05) is 0 Å². The summed E-state index contributed by atoms with van der Waals surface area (Å²) >= 11 is 0. The lowest BCUT2D eigenvalue weighted by Gasteiger charge is -2.10. The third kappa shape index (κ3) is 5.16. The van der Waals surface area contributed by atoms with Gasteiger partial charge in [-0.1, -0.05) is 60.7 Å². The fourth-order valence-electron chi connectivity index (χ4n) is 2.34. The van der Waals surface area contributed by atoms with Crippen LogP contribution in [-0.4, -0.2) is 20.9 Å². The van der Waals surface area contributed by atoms with Gasteiger partial charge in [-0.15, -0.1) is 4.83 Å². The van der Waals surface area contributed by atoms with Crippen molar-refractivity contribution < 1.29 is 17.9 Å². The van der Waals surface area contributed by atoms with Crippen LogP contribution >= 0.6 is 0 Å². The third-order valence-electron chi connectivity index (χ3n) is 3.71. The van der Waals surface area contributed by atoms with Crippen molar-refractivity contribution in [3.8, 4) is 16.9 Å². The first-order valence-corrected chi connectivity index (χ1v) is 9.67. The normalized spacial score (nSPS) is 11.0. The van der Waals surface area contributed by atoms with Gasteiger partial charge in [0.2, 0.25) is 0 Å². The summed E-state index contributed by atoms with van der Waals surface area (Å²) < 4.78 is 29.4. The molecule has 0 aliphatic heterocycles. The fourth-order valence-corrected chi connectivity index (χ4v) is 3.22. The van der Waals surface area contributed by atoms with E-state index in [1.165, 1.54) is 12.1 Å². The molecule has 0 saturated carbocycles. The van der Waals surface area contributed by atoms with Gasteiger partial charge in [-0.3, -0.25) is 10.2 Å². The van der Waals surface area contributed by atoms with Crippen LogP contribution in [0.3, 0.4) is 0 Å². The molecule has 3 rings (SSSR count). The van der Waals surface area contributed by atoms with Crippen molar-refractivity contribution in [3.05, 3.63) is 84.9 Å². The Morgan fingerprint density at radius 3 is 1.96 bits per heavy atom. The lowest BCUT2D eigenvalue weighted by Crippen LogP contribution is -2.43. The highest BCUT2D eigenvalue weighted by atomic mass is 32.2. The van der Waals surface area contributed by atoms with E-state index in [4.69, 9.17) is 4.74 Å². The highest BCUT2D eigenvalue weighted by molar-refractivity contribution is 7.89. The minimum Gasteiger partial charge on any atom is -0.484 e. The average Bonchev–Trinajstić information content (AvgIpc) is 2.72. The van der Waals surface area contributed by atoms with E-state index in [0.717, 1.165) is 11.1 Å². The van der Waals surface area contributed by atoms with Gasteiger partial charge in [0.05, 0.1) is 4.90 Å². The number of ether oxygens (including phenoxy) is 1. The molecular weight excluding hydrogens is 364 g/mol. The first kappa shape index (κ1) is 18.6. The van der Waals surface area contributed by atoms with Crippen molar-refractivity contribution >= 4 is 15.9 Å². The quantitative estimate of drug-likeness (QED) is 0.616. The second kappa shape index (κ2) is 8.48. The maximum atomic E-state index is 12.0. The summed E-state index contributed by atoms with van der Waals surface area (Å²) in [5.74, 6) is -0.0996. The maximum absolute atomic E-state index is 12.0. The molecule has 3 aromatic carbocycles. The van der Waals surface area contributed by atoms with Crippen LogP contribution in [0.2, 0.25) is 0 Å². The lowest BCUT2D eigenvalue weighted by atomic mass is 10.1. The monoisotopic (exact) mass is 382 g/mol. The largest absolute Gasteiger partial charge is 0.484 e. The fraction of sp³-hybridized carbons (Fsp3) is 0.0500. The van der Waals surface area contributed by atoms with Crippen molar-refractivity contribution in [1.29, 1.82) is 0 Å². The van der Waals surface area contributed by atoms with Gasteiger partial charge in [-0.25, -0.2) is 8.42 Å². The van der Waals surface area contributed by atoms with Crippen molar-refractivity contribution in [1.82, 2.24) is 10.3 Å². The van der Waals surface area contributed by atoms with Gasteiger partial charge in [0.1, 0.15) is 5.75 Å². The Morgan fingerprint density at radius 2 is 1.33 bits per heavy atom. The molecule has 138 valence electrons. The molecule has 0 atom stereocenters. The summed E-state index contributed by atoms with van der Waals surface area (Å²) in [5.41, 5.74) is 4.24. The van der Waals surface area contributed by atoms with Crippen molar-refractivity contribution in [2.45, 2.75) is 4.90 Å². The SMILES string of the molecule is O=C(COc1ccc(-c2ccccc2)cc1)NNS(=O)(=O)c1ccccc1. The molecule has 2 N–H and O–H groups in total. The molecule has 0 aromatic heterocycles. The number of nitrogens with one attached hydrogen (secondary N) is 2. The molecule has 0 aliphatic rings. The molecule has 0 aliphatic carbocycles. The molecule has 6 nitrogen and oxygen atoms in total. The summed E-state index contributed by atoms with van der Waals surface area (Å²) in [4.78, 5) is 13.9. The molecule has 1 amide bonds. The second-order valence-corrected chi connectivity index (χ2v) is 7.33. The van der Waals surface area contributed by atoms with E-state index >= 15 is 0 Å². The number of amides is 1. The average molecular weight is 382 g/mol. The van der Waals surface area contributed by atoms with Crippen LogP contribution in [0, 0.1) is 0 Å². The van der Waals surface area contributed by atoms with Gasteiger partial charge in [0.25, 0.3) is 15.9 Å². The second-order valence-electron chi connectivity index (χ2n) is 5.65. The zero-order chi connectivity index (χ0) is 19.1. The predicted octanol–water partition coefficient (Wildman–Crippen LogP) is 2.74. The Balaban J connectivity index is 1.51. The topological polar surface area (TPSA) is 84.5 Å². The first-order chi connectivity index (χ1) is 13.0. The molecule has 0 saturated heterocycles. The molecule has 3 aromatic rings. The van der Waals surface area contributed by atoms with Gasteiger partial charge >= 0.3 is 0 Å². The summed E-state index contributed by atoms with van der Waals surface area (Å²) in [7, 11) is -3.81. The number of rotatable bonds is 7. The predicted molar refractivity (Wildman–Crippen MR) is 102 cm³/mol. The Morgan fingerprint density at radius 1 is 0.778 bits per heavy atom. The summed E-state index contributed by atoms with van der Waals surface area (Å²) in [6.45, 7) is -0.317. The van der Waals surface area contributed by atoms with Crippen LogP contribution in [0.15, 0.2) is 89.8 Å². The van der Waals surface area contributed by atoms with Crippen LogP contribution in [0.4, 0.5) is 0 Å². The Hall–Kier alpha value is -3.16. The molecule has 0 heterocycles. The number of carbonyl (C=O) groups excluding carboxylic acids is 1. The molecule has 0 unspecified atom stereocenters. The molecule has 0 radical (unpaired) electrons. The highest BCUT2D eigenvalue weighted by Gasteiger charge is 2.14. The Bertz CT molecular complexity index is 989. The van der Waals surface area contributed by atoms with E-state index in [9.17, 15) is 13.2 Å². The molecular formula is C20H18N2O4S. The number of hydrogen-bond donors (Lipinski definition) is 2. The van der Waals surface area contributed by atoms with Crippen LogP contribution in [0.5, 0.6) is 5.75 Å². The van der Waals surface area contributed by atoms with Crippen LogP contribution in [0.1, 0.15) is 0 Å². The number of sulfonamides is 1. The van der Waals surface area contributed by atoms with Gasteiger partial charge in [0.15, 0.2) is 6.61 Å². The van der Waals surface area contributed by atoms with Crippen LogP contribution in [0.25, 0.3) is 11.1 Å². The van der Waals surface area contributed by atoms with E-state index < -0.39 is 15.9 Å². The molecule has 0 spiro atoms. The maximum Gasteiger partial charge on any atom is 0.272 e. The summed E-state index contributed by atoms with van der Waals surface area (Å²) in [5, 5.41) is 0. The first-order valence-electron chi connectivity index (χ1n) is 8.18. The zero-order valence-corrected chi connectivity index (χ0v) is 15.1. The van der Waals surface area contributed by atoms with E-state index in [1.807, 2.05) is 47.3 Å². The number of hydrazine groups is 1. The molecule has 0 fully saturated rings. The molecule has 0 bridgehead atoms. The Kier molecular flexibility index (Phi) is 5.85. The van der Waals surface area contributed by atoms with E-state index in [0.29, 0.717) is 5.75 Å². The zero-order valence-electron chi connectivity index (χ0n) is 14.3. The number of carbonyl (C=O) groups is 1. The minimum absolute atomic E-state index is 0.0581. The van der Waals surface area contributed by atoms with E-state index in [2.05, 4.69) is 5.43 Å². The van der Waals surface area contributed by atoms with Crippen LogP contribution in [-0.2, 0) is 14.8 Å². The highest BCUT2D eigenvalue weighted by Crippen LogP contribution is 2.21. The van der Waals surface area contributed by atoms with Gasteiger partial charge < -0.3 is 4.74 Å². The van der Waals surface area contributed by atoms with Gasteiger partial charge in [-0.05, 0) is 35.4 Å². The van der Waals surface area contributed by atoms with Gasteiger partial charge in [-0.2, -0.15) is 0 Å². The van der Waals surface area contributed by atoms with Crippen molar-refractivity contribution in [2.75, 3.05) is 6.61 Å². The van der Waals surface area contributed by atoms with Crippen molar-refractivity contribution in [3.63, 3.8) is 0 Å². The number of benzene rings is 3. The van der Waals surface area contributed by atoms with E-state index in [1.54, 1.807) is 30.3 Å². The van der Waals surface area contributed by atoms with Crippen molar-refractivity contribution in [2.24, 2.45) is 0 Å². The summed E-state index contributed by atoms with van der Waals surface area (Å²) in [6.07, 6.45) is 0. The lowest BCUT2D eigenvalue weighted by molar-refractivity contribution is -0.123. The number of hydrogen-bond acceptors (Lipinski definition) is 4. The van der Waals surface area contributed by atoms with Crippen LogP contribution < -0.4 is 15.0 Å². The third-order valence-corrected chi connectivity index (χ3v) is 4.97. The summed E-state index contributed by atoms with van der Waals surface area (Å²) in [6, 6.07) is 24.9. The standard InChI is InChI=1S/C20H18N2O4S/c23-20(21-22-27(24,25)19-9-5-2-6-10-19)15-26-18-13-11-17(12-14-18)16-7-3-1-4-8-16/h1-14,22H,15H2,(H,21,23).